The summed E-state index contributed by atoms with van der Waals surface area (Å²) in [6.45, 7) is 5.73. The Labute approximate surface area is 128 Å². The number of amides is 1. The molecule has 0 unspecified atom stereocenters. The number of halogens is 1. The molecule has 1 N–H and O–H groups in total. The highest BCUT2D eigenvalue weighted by atomic mass is 35.5. The average molecular weight is 306 g/mol. The lowest BCUT2D eigenvalue weighted by Crippen LogP contribution is -2.12. The molecule has 1 aromatic carbocycles. The molecule has 1 amide bonds. The Morgan fingerprint density at radius 3 is 2.90 bits per heavy atom. The minimum Gasteiger partial charge on any atom is -0.487 e. The average Bonchev–Trinajstić information content (AvgIpc) is 2.87. The van der Waals surface area contributed by atoms with Gasteiger partial charge in [-0.2, -0.15) is 0 Å². The number of rotatable bonds is 6. The van der Waals surface area contributed by atoms with E-state index in [-0.39, 0.29) is 11.7 Å². The van der Waals surface area contributed by atoms with Crippen LogP contribution in [-0.4, -0.2) is 12.5 Å². The van der Waals surface area contributed by atoms with E-state index in [4.69, 9.17) is 20.8 Å². The van der Waals surface area contributed by atoms with Gasteiger partial charge in [0.2, 0.25) is 0 Å². The quantitative estimate of drug-likeness (QED) is 0.644. The molecule has 4 nitrogen and oxygen atoms in total. The number of hydrogen-bond acceptors (Lipinski definition) is 3. The molecule has 110 valence electrons. The van der Waals surface area contributed by atoms with Crippen LogP contribution in [0.5, 0.6) is 5.75 Å². The van der Waals surface area contributed by atoms with Gasteiger partial charge in [-0.3, -0.25) is 4.79 Å². The first kappa shape index (κ1) is 15.2. The highest BCUT2D eigenvalue weighted by Gasteiger charge is 2.15. The fourth-order valence-corrected chi connectivity index (χ4v) is 2.06. The van der Waals surface area contributed by atoms with Crippen LogP contribution in [0.15, 0.2) is 47.4 Å². The summed E-state index contributed by atoms with van der Waals surface area (Å²) in [5.41, 5.74) is 1.38. The van der Waals surface area contributed by atoms with Gasteiger partial charge in [-0.25, -0.2) is 0 Å². The van der Waals surface area contributed by atoms with Gasteiger partial charge in [-0.15, -0.1) is 11.6 Å². The maximum Gasteiger partial charge on any atom is 0.291 e. The molecule has 5 heteroatoms. The fraction of sp³-hybridized carbons (Fsp3) is 0.188. The van der Waals surface area contributed by atoms with E-state index in [9.17, 15) is 4.79 Å². The lowest BCUT2D eigenvalue weighted by Gasteiger charge is -2.10. The molecule has 0 fully saturated rings. The van der Waals surface area contributed by atoms with E-state index in [0.29, 0.717) is 29.7 Å². The van der Waals surface area contributed by atoms with Crippen molar-refractivity contribution in [2.24, 2.45) is 0 Å². The smallest absolute Gasteiger partial charge is 0.291 e. The second kappa shape index (κ2) is 6.99. The Balaban J connectivity index is 2.17. The maximum atomic E-state index is 12.2. The Hall–Kier alpha value is -2.20. The highest BCUT2D eigenvalue weighted by Crippen LogP contribution is 2.25. The molecular weight excluding hydrogens is 290 g/mol. The van der Waals surface area contributed by atoms with Crippen molar-refractivity contribution in [2.45, 2.75) is 12.8 Å². The molecule has 21 heavy (non-hydrogen) atoms. The van der Waals surface area contributed by atoms with E-state index >= 15 is 0 Å². The van der Waals surface area contributed by atoms with Crippen LogP contribution >= 0.6 is 11.6 Å². The number of nitrogens with one attached hydrogen (secondary N) is 1. The summed E-state index contributed by atoms with van der Waals surface area (Å²) in [7, 11) is 0. The number of anilines is 1. The zero-order valence-corrected chi connectivity index (χ0v) is 12.4. The first-order chi connectivity index (χ1) is 10.2. The van der Waals surface area contributed by atoms with E-state index in [1.807, 2.05) is 12.1 Å². The van der Waals surface area contributed by atoms with Crippen molar-refractivity contribution in [1.82, 2.24) is 0 Å². The summed E-state index contributed by atoms with van der Waals surface area (Å²) >= 11 is 5.77. The van der Waals surface area contributed by atoms with Crippen molar-refractivity contribution < 1.29 is 13.9 Å². The van der Waals surface area contributed by atoms with E-state index in [1.54, 1.807) is 31.2 Å². The van der Waals surface area contributed by atoms with Crippen LogP contribution in [0.2, 0.25) is 0 Å². The summed E-state index contributed by atoms with van der Waals surface area (Å²) in [5, 5.41) is 2.77. The molecule has 0 bridgehead atoms. The fourth-order valence-electron chi connectivity index (χ4n) is 1.79. The van der Waals surface area contributed by atoms with Crippen LogP contribution in [0, 0.1) is 6.92 Å². The van der Waals surface area contributed by atoms with Gasteiger partial charge in [0.1, 0.15) is 18.1 Å². The molecule has 1 aromatic heterocycles. The van der Waals surface area contributed by atoms with Gasteiger partial charge in [0.25, 0.3) is 5.91 Å². The molecule has 0 saturated carbocycles. The van der Waals surface area contributed by atoms with Crippen LogP contribution in [0.4, 0.5) is 5.69 Å². The van der Waals surface area contributed by atoms with Gasteiger partial charge >= 0.3 is 0 Å². The van der Waals surface area contributed by atoms with Crippen LogP contribution in [0.25, 0.3) is 0 Å². The van der Waals surface area contributed by atoms with E-state index < -0.39 is 0 Å². The minimum absolute atomic E-state index is 0.224. The van der Waals surface area contributed by atoms with Gasteiger partial charge < -0.3 is 14.5 Å². The van der Waals surface area contributed by atoms with Crippen LogP contribution in [0.1, 0.15) is 21.9 Å². The van der Waals surface area contributed by atoms with Crippen LogP contribution in [-0.2, 0) is 5.88 Å². The van der Waals surface area contributed by atoms with E-state index in [2.05, 4.69) is 11.9 Å². The Morgan fingerprint density at radius 1 is 1.48 bits per heavy atom. The Morgan fingerprint density at radius 2 is 2.24 bits per heavy atom. The lowest BCUT2D eigenvalue weighted by atomic mass is 10.2. The number of aryl methyl sites for hydroxylation is 1. The Bertz CT molecular complexity index is 649. The maximum absolute atomic E-state index is 12.2. The normalized spacial score (nSPS) is 10.2. The third kappa shape index (κ3) is 3.67. The largest absolute Gasteiger partial charge is 0.487 e. The van der Waals surface area contributed by atoms with Gasteiger partial charge in [0, 0.05) is 5.56 Å². The number of furan rings is 1. The third-order valence-electron chi connectivity index (χ3n) is 2.88. The number of ether oxygens (including phenoxy) is 1. The zero-order valence-electron chi connectivity index (χ0n) is 11.7. The van der Waals surface area contributed by atoms with Gasteiger partial charge in [0.15, 0.2) is 5.76 Å². The Kier molecular flexibility index (Phi) is 5.06. The summed E-state index contributed by atoms with van der Waals surface area (Å²) in [4.78, 5) is 12.2. The van der Waals surface area contributed by atoms with Crippen molar-refractivity contribution in [1.29, 1.82) is 0 Å². The molecular formula is C16H16ClNO3. The molecule has 2 rings (SSSR count). The van der Waals surface area contributed by atoms with Crippen molar-refractivity contribution >= 4 is 23.2 Å². The second-order valence-electron chi connectivity index (χ2n) is 4.38. The summed E-state index contributed by atoms with van der Waals surface area (Å²) in [5.74, 6) is 1.41. The molecule has 0 aliphatic rings. The van der Waals surface area contributed by atoms with Crippen molar-refractivity contribution in [3.8, 4) is 5.75 Å². The highest BCUT2D eigenvalue weighted by molar-refractivity contribution is 6.17. The molecule has 0 atom stereocenters. The summed E-state index contributed by atoms with van der Waals surface area (Å²) in [6.07, 6.45) is 1.64. The number of carbonyl (C=O) groups excluding carboxylic acids is 1. The molecule has 0 radical (unpaired) electrons. The first-order valence-corrected chi connectivity index (χ1v) is 6.98. The van der Waals surface area contributed by atoms with Gasteiger partial charge in [0.05, 0.1) is 11.6 Å². The SMILES string of the molecule is C=CCOc1ccccc1NC(=O)c1cc(CCl)c(C)o1. The second-order valence-corrected chi connectivity index (χ2v) is 4.64. The molecule has 0 aliphatic carbocycles. The molecule has 1 heterocycles. The van der Waals surface area contributed by atoms with Crippen molar-refractivity contribution in [2.75, 3.05) is 11.9 Å². The number of para-hydroxylation sites is 2. The molecule has 2 aromatic rings. The van der Waals surface area contributed by atoms with Crippen LogP contribution < -0.4 is 10.1 Å². The monoisotopic (exact) mass is 305 g/mol. The van der Waals surface area contributed by atoms with Crippen molar-refractivity contribution in [3.05, 3.63) is 60.1 Å². The van der Waals surface area contributed by atoms with Gasteiger partial charge in [-0.1, -0.05) is 24.8 Å². The summed E-state index contributed by atoms with van der Waals surface area (Å²) < 4.78 is 10.9. The summed E-state index contributed by atoms with van der Waals surface area (Å²) in [6, 6.07) is 8.82. The topological polar surface area (TPSA) is 51.5 Å². The third-order valence-corrected chi connectivity index (χ3v) is 3.17. The van der Waals surface area contributed by atoms with E-state index in [1.165, 1.54) is 0 Å². The predicted molar refractivity (Wildman–Crippen MR) is 83.1 cm³/mol. The van der Waals surface area contributed by atoms with Gasteiger partial charge in [-0.05, 0) is 25.1 Å². The first-order valence-electron chi connectivity index (χ1n) is 6.45. The zero-order chi connectivity index (χ0) is 15.2. The van der Waals surface area contributed by atoms with Crippen LogP contribution in [0.3, 0.4) is 0 Å². The molecule has 0 spiro atoms. The predicted octanol–water partition coefficient (Wildman–Crippen LogP) is 4.14. The number of carbonyl (C=O) groups is 1. The van der Waals surface area contributed by atoms with Crippen molar-refractivity contribution in [3.63, 3.8) is 0 Å². The lowest BCUT2D eigenvalue weighted by molar-refractivity contribution is 0.0995. The number of benzene rings is 1. The number of hydrogen-bond donors (Lipinski definition) is 1. The minimum atomic E-state index is -0.343. The molecule has 0 aliphatic heterocycles. The standard InChI is InChI=1S/C16H16ClNO3/c1-3-8-20-14-7-5-4-6-13(14)18-16(19)15-9-12(10-17)11(2)21-15/h3-7,9H,1,8,10H2,2H3,(H,18,19). The molecule has 0 saturated heterocycles. The van der Waals surface area contributed by atoms with E-state index in [0.717, 1.165) is 5.56 Å². The number of alkyl halides is 1.